The number of nitrogens with zero attached hydrogens (tertiary/aromatic N) is 2. The number of carbonyl (C=O) groups excluding carboxylic acids is 1. The molecule has 0 saturated carbocycles. The second kappa shape index (κ2) is 4.33. The minimum atomic E-state index is 0.183. The van der Waals surface area contributed by atoms with E-state index in [4.69, 9.17) is 10.2 Å². The Hall–Kier alpha value is -2.04. The number of piperidine rings is 1. The molecule has 1 fully saturated rings. The van der Waals surface area contributed by atoms with Crippen LogP contribution >= 0.6 is 0 Å². The van der Waals surface area contributed by atoms with E-state index < -0.39 is 0 Å². The number of hydrogen-bond acceptors (Lipinski definition) is 4. The number of aromatic nitrogens is 1. The normalized spacial score (nSPS) is 16.4. The summed E-state index contributed by atoms with van der Waals surface area (Å²) >= 11 is 0. The Kier molecular flexibility index (Phi) is 2.66. The number of oxazole rings is 1. The molecule has 0 atom stereocenters. The summed E-state index contributed by atoms with van der Waals surface area (Å²) in [6, 6.07) is 5.36. The Balaban J connectivity index is 1.84. The van der Waals surface area contributed by atoms with Gasteiger partial charge in [-0.1, -0.05) is 0 Å². The molecule has 5 heteroatoms. The summed E-state index contributed by atoms with van der Waals surface area (Å²) in [5.41, 5.74) is 7.81. The van der Waals surface area contributed by atoms with Gasteiger partial charge in [0, 0.05) is 18.7 Å². The van der Waals surface area contributed by atoms with Crippen LogP contribution in [0, 0.1) is 0 Å². The van der Waals surface area contributed by atoms with Crippen LogP contribution in [0.2, 0.25) is 0 Å². The number of likely N-dealkylation sites (tertiary alicyclic amines) is 1. The highest BCUT2D eigenvalue weighted by Gasteiger charge is 2.20. The second-order valence-electron chi connectivity index (χ2n) is 4.61. The van der Waals surface area contributed by atoms with Gasteiger partial charge in [-0.25, -0.2) is 4.98 Å². The molecule has 1 aliphatic heterocycles. The fourth-order valence-corrected chi connectivity index (χ4v) is 2.25. The molecule has 2 N–H and O–H groups in total. The first-order valence-electron chi connectivity index (χ1n) is 6.15. The van der Waals surface area contributed by atoms with E-state index in [1.165, 1.54) is 0 Å². The first kappa shape index (κ1) is 11.1. The topological polar surface area (TPSA) is 72.4 Å². The quantitative estimate of drug-likeness (QED) is 0.820. The number of anilines is 1. The zero-order chi connectivity index (χ0) is 12.5. The lowest BCUT2D eigenvalue weighted by Gasteiger charge is -2.25. The summed E-state index contributed by atoms with van der Waals surface area (Å²) in [7, 11) is 0. The highest BCUT2D eigenvalue weighted by atomic mass is 16.3. The molecule has 0 bridgehead atoms. The van der Waals surface area contributed by atoms with Gasteiger partial charge in [0.05, 0.1) is 6.54 Å². The monoisotopic (exact) mass is 245 g/mol. The predicted molar refractivity (Wildman–Crippen MR) is 67.7 cm³/mol. The minimum Gasteiger partial charge on any atom is -0.439 e. The molecule has 0 aliphatic carbocycles. The van der Waals surface area contributed by atoms with Crippen molar-refractivity contribution >= 4 is 22.7 Å². The number of amides is 1. The number of rotatable bonds is 2. The maximum absolute atomic E-state index is 11.7. The summed E-state index contributed by atoms with van der Waals surface area (Å²) in [5, 5.41) is 0. The van der Waals surface area contributed by atoms with Gasteiger partial charge in [-0.05, 0) is 31.0 Å². The van der Waals surface area contributed by atoms with Gasteiger partial charge in [0.2, 0.25) is 11.8 Å². The number of benzene rings is 1. The summed E-state index contributed by atoms with van der Waals surface area (Å²) in [6.45, 7) is 1.24. The third kappa shape index (κ3) is 2.03. The second-order valence-corrected chi connectivity index (χ2v) is 4.61. The molecule has 5 nitrogen and oxygen atoms in total. The molecule has 0 radical (unpaired) electrons. The Morgan fingerprint density at radius 3 is 3.11 bits per heavy atom. The van der Waals surface area contributed by atoms with Gasteiger partial charge in [-0.15, -0.1) is 0 Å². The van der Waals surface area contributed by atoms with Crippen molar-refractivity contribution in [2.45, 2.75) is 25.8 Å². The van der Waals surface area contributed by atoms with E-state index >= 15 is 0 Å². The van der Waals surface area contributed by atoms with E-state index in [1.807, 2.05) is 0 Å². The fourth-order valence-electron chi connectivity index (χ4n) is 2.25. The molecule has 2 aromatic rings. The van der Waals surface area contributed by atoms with Crippen LogP contribution in [0.25, 0.3) is 11.1 Å². The highest BCUT2D eigenvalue weighted by Crippen LogP contribution is 2.20. The van der Waals surface area contributed by atoms with Gasteiger partial charge < -0.3 is 15.1 Å². The SMILES string of the molecule is Nc1ccc2oc(CN3CCCCC3=O)nc2c1. The number of hydrogen-bond donors (Lipinski definition) is 1. The number of nitrogens with two attached hydrogens (primary N) is 1. The van der Waals surface area contributed by atoms with Crippen LogP contribution in [-0.2, 0) is 11.3 Å². The van der Waals surface area contributed by atoms with Crippen molar-refractivity contribution in [2.75, 3.05) is 12.3 Å². The maximum Gasteiger partial charge on any atom is 0.223 e. The van der Waals surface area contributed by atoms with E-state index in [0.29, 0.717) is 30.1 Å². The molecule has 1 amide bonds. The van der Waals surface area contributed by atoms with Crippen LogP contribution in [0.15, 0.2) is 22.6 Å². The molecular weight excluding hydrogens is 230 g/mol. The minimum absolute atomic E-state index is 0.183. The lowest BCUT2D eigenvalue weighted by atomic mass is 10.1. The molecule has 1 aromatic heterocycles. The van der Waals surface area contributed by atoms with Crippen molar-refractivity contribution in [1.82, 2.24) is 9.88 Å². The van der Waals surface area contributed by atoms with Gasteiger partial charge in [-0.2, -0.15) is 0 Å². The number of carbonyl (C=O) groups is 1. The lowest BCUT2D eigenvalue weighted by Crippen LogP contribution is -2.34. The highest BCUT2D eigenvalue weighted by molar-refractivity contribution is 5.78. The molecule has 1 aliphatic rings. The molecule has 3 rings (SSSR count). The van der Waals surface area contributed by atoms with Crippen LogP contribution in [0.5, 0.6) is 0 Å². The van der Waals surface area contributed by atoms with Crippen LogP contribution in [-0.4, -0.2) is 22.3 Å². The van der Waals surface area contributed by atoms with Crippen LogP contribution in [0.4, 0.5) is 5.69 Å². The Labute approximate surface area is 105 Å². The van der Waals surface area contributed by atoms with Crippen LogP contribution < -0.4 is 5.73 Å². The summed E-state index contributed by atoms with van der Waals surface area (Å²) in [5.74, 6) is 0.758. The zero-order valence-corrected chi connectivity index (χ0v) is 10.1. The van der Waals surface area contributed by atoms with Gasteiger partial charge in [0.1, 0.15) is 5.52 Å². The molecule has 18 heavy (non-hydrogen) atoms. The largest absolute Gasteiger partial charge is 0.439 e. The molecular formula is C13H15N3O2. The first-order chi connectivity index (χ1) is 8.72. The first-order valence-corrected chi connectivity index (χ1v) is 6.15. The van der Waals surface area contributed by atoms with E-state index in [1.54, 1.807) is 23.1 Å². The Morgan fingerprint density at radius 2 is 2.28 bits per heavy atom. The van der Waals surface area contributed by atoms with Crippen molar-refractivity contribution in [3.8, 4) is 0 Å². The van der Waals surface area contributed by atoms with E-state index in [2.05, 4.69) is 4.98 Å². The number of fused-ring (bicyclic) bond motifs is 1. The van der Waals surface area contributed by atoms with Crippen LogP contribution in [0.1, 0.15) is 25.2 Å². The third-order valence-electron chi connectivity index (χ3n) is 3.20. The van der Waals surface area contributed by atoms with Crippen molar-refractivity contribution in [2.24, 2.45) is 0 Å². The van der Waals surface area contributed by atoms with Gasteiger partial charge in [0.25, 0.3) is 0 Å². The van der Waals surface area contributed by atoms with Gasteiger partial charge in [0.15, 0.2) is 5.58 Å². The van der Waals surface area contributed by atoms with Crippen molar-refractivity contribution < 1.29 is 9.21 Å². The Bertz CT molecular complexity index is 591. The predicted octanol–water partition coefficient (Wildman–Crippen LogP) is 1.92. The van der Waals surface area contributed by atoms with Gasteiger partial charge in [-0.3, -0.25) is 4.79 Å². The number of nitrogen functional groups attached to an aromatic ring is 1. The van der Waals surface area contributed by atoms with Crippen molar-refractivity contribution in [3.05, 3.63) is 24.1 Å². The fraction of sp³-hybridized carbons (Fsp3) is 0.385. The van der Waals surface area contributed by atoms with E-state index in [-0.39, 0.29) is 5.91 Å². The van der Waals surface area contributed by atoms with E-state index in [0.717, 1.165) is 24.9 Å². The standard InChI is InChI=1S/C13H15N3O2/c14-9-4-5-11-10(7-9)15-12(18-11)8-16-6-2-1-3-13(16)17/h4-5,7H,1-3,6,8,14H2. The molecule has 1 saturated heterocycles. The molecule has 1 aromatic carbocycles. The average Bonchev–Trinajstić information content (AvgIpc) is 2.73. The molecule has 0 spiro atoms. The maximum atomic E-state index is 11.7. The molecule has 94 valence electrons. The zero-order valence-electron chi connectivity index (χ0n) is 10.1. The van der Waals surface area contributed by atoms with E-state index in [9.17, 15) is 4.79 Å². The third-order valence-corrected chi connectivity index (χ3v) is 3.20. The van der Waals surface area contributed by atoms with Gasteiger partial charge >= 0.3 is 0 Å². The molecule has 0 unspecified atom stereocenters. The van der Waals surface area contributed by atoms with Crippen molar-refractivity contribution in [1.29, 1.82) is 0 Å². The average molecular weight is 245 g/mol. The van der Waals surface area contributed by atoms with Crippen LogP contribution in [0.3, 0.4) is 0 Å². The molecule has 2 heterocycles. The lowest BCUT2D eigenvalue weighted by molar-refractivity contribution is -0.134. The summed E-state index contributed by atoms with van der Waals surface area (Å²) in [6.07, 6.45) is 2.67. The summed E-state index contributed by atoms with van der Waals surface area (Å²) in [4.78, 5) is 17.9. The smallest absolute Gasteiger partial charge is 0.223 e. The van der Waals surface area contributed by atoms with Crippen molar-refractivity contribution in [3.63, 3.8) is 0 Å². The Morgan fingerprint density at radius 1 is 1.39 bits per heavy atom. The summed E-state index contributed by atoms with van der Waals surface area (Å²) < 4.78 is 5.61.